The lowest BCUT2D eigenvalue weighted by Crippen LogP contribution is -2.65. The first-order chi connectivity index (χ1) is 30.4. The Kier molecular flexibility index (Phi) is 14.8. The smallest absolute Gasteiger partial charge is 0.264 e. The molecule has 3 fully saturated rings. The van der Waals surface area contributed by atoms with Crippen LogP contribution in [0.4, 0.5) is 5.69 Å². The fourth-order valence-corrected chi connectivity index (χ4v) is 12.6. The number of carbonyl (C=O) groups excluding carboxylic acids is 2. The van der Waals surface area contributed by atoms with Gasteiger partial charge in [0.25, 0.3) is 5.91 Å². The van der Waals surface area contributed by atoms with E-state index >= 15 is 0 Å². The molecular formula is C49H64ClN5O6S2. The van der Waals surface area contributed by atoms with Gasteiger partial charge in [0.05, 0.1) is 10.9 Å². The normalized spacial score (nSPS) is 28.8. The topological polar surface area (TPSA) is 112 Å². The second kappa shape index (κ2) is 20.3. The maximum absolute atomic E-state index is 13.8. The number of fused-ring (bicyclic) bond motifs is 4. The number of nitrogens with one attached hydrogen (secondary N) is 1. The molecule has 0 spiro atoms. The van der Waals surface area contributed by atoms with E-state index < -0.39 is 26.8 Å². The van der Waals surface area contributed by atoms with Crippen molar-refractivity contribution in [2.24, 2.45) is 17.8 Å². The first-order valence-electron chi connectivity index (χ1n) is 22.9. The summed E-state index contributed by atoms with van der Waals surface area (Å²) in [6.07, 6.45) is 10.2. The quantitative estimate of drug-likeness (QED) is 0.189. The lowest BCUT2D eigenvalue weighted by atomic mass is 9.63. The van der Waals surface area contributed by atoms with Gasteiger partial charge in [0.1, 0.15) is 18.0 Å². The highest BCUT2D eigenvalue weighted by Gasteiger charge is 2.49. The fraction of sp³-hybridized carbons (Fsp3) is 0.551. The van der Waals surface area contributed by atoms with Crippen LogP contribution in [0.1, 0.15) is 73.9 Å². The zero-order valence-corrected chi connectivity index (χ0v) is 39.4. The van der Waals surface area contributed by atoms with Crippen LogP contribution in [-0.2, 0) is 32.6 Å². The third-order valence-corrected chi connectivity index (χ3v) is 17.6. The van der Waals surface area contributed by atoms with Crippen molar-refractivity contribution in [3.8, 4) is 5.75 Å². The molecule has 3 aromatic rings. The molecule has 0 unspecified atom stereocenters. The van der Waals surface area contributed by atoms with Crippen molar-refractivity contribution in [2.75, 3.05) is 76.7 Å². The van der Waals surface area contributed by atoms with Crippen LogP contribution in [0.2, 0.25) is 5.02 Å². The van der Waals surface area contributed by atoms with Gasteiger partial charge in [-0.2, -0.15) is 0 Å². The summed E-state index contributed by atoms with van der Waals surface area (Å²) < 4.78 is 43.3. The standard InChI is InChI=1S/C49H64ClN5O6S2/c1-35-10-9-21-49(60-3,34-52-23-24-53-25-26-55(32-42(53)31-52)47(56)20-27-62-43-12-5-4-6-13-43)44-18-15-39(44)30-54-22-8-7-11-37-28-41(50)17-14-40(37)33-61-46-19-16-38(29-45(46)54)48(57)51-63(58,59)36(35)2/h4-6,9,12-14,16-17,19,21,28-29,35-36,39,42,44H,7-8,10-11,15,18,20,22-27,30-34H2,1-3H3,(H,51,57)/b21-9+/t35-,36+,39-,42-,44+,49+/m0/s1. The van der Waals surface area contributed by atoms with E-state index in [0.717, 1.165) is 101 Å². The number of allylic oxidation sites excluding steroid dienone is 1. The van der Waals surface area contributed by atoms with E-state index in [2.05, 4.69) is 48.6 Å². The largest absolute Gasteiger partial charge is 0.487 e. The van der Waals surface area contributed by atoms with Gasteiger partial charge in [-0.15, -0.1) is 11.8 Å². The van der Waals surface area contributed by atoms with Crippen molar-refractivity contribution in [3.63, 3.8) is 0 Å². The number of methoxy groups -OCH3 is 1. The van der Waals surface area contributed by atoms with Crippen molar-refractivity contribution >= 4 is 50.9 Å². The molecule has 11 nitrogen and oxygen atoms in total. The molecule has 0 aromatic heterocycles. The first-order valence-corrected chi connectivity index (χ1v) is 25.8. The van der Waals surface area contributed by atoms with Crippen LogP contribution in [-0.4, -0.2) is 124 Å². The van der Waals surface area contributed by atoms with Crippen molar-refractivity contribution in [1.29, 1.82) is 0 Å². The number of rotatable bonds is 7. The van der Waals surface area contributed by atoms with Gasteiger partial charge in [-0.1, -0.05) is 54.9 Å². The number of hydrogen-bond acceptors (Lipinski definition) is 10. The average molecular weight is 919 g/mol. The molecule has 0 radical (unpaired) electrons. The molecule has 340 valence electrons. The van der Waals surface area contributed by atoms with Crippen LogP contribution < -0.4 is 14.4 Å². The number of piperazine rings is 2. The zero-order chi connectivity index (χ0) is 44.1. The SMILES string of the molecule is CO[C@@]1(CN2CCN3CCN(C(=O)CCSc4ccccc4)C[C@@H]3C2)/C=C/C[C@H](C)[C@@H](C)S(=O)(=O)NC(=O)c2ccc3c(c2)N(CCCCc2cc(Cl)ccc2CO3)C[C@@H]2CC[C@H]21. The Morgan fingerprint density at radius 1 is 0.952 bits per heavy atom. The van der Waals surface area contributed by atoms with Gasteiger partial charge < -0.3 is 19.3 Å². The minimum absolute atomic E-state index is 0.202. The van der Waals surface area contributed by atoms with Crippen molar-refractivity contribution in [3.05, 3.63) is 101 Å². The van der Waals surface area contributed by atoms with E-state index in [1.165, 1.54) is 10.5 Å². The summed E-state index contributed by atoms with van der Waals surface area (Å²) in [4.78, 5) is 38.0. The lowest BCUT2D eigenvalue weighted by Gasteiger charge is -2.53. The van der Waals surface area contributed by atoms with Crippen LogP contribution in [0, 0.1) is 17.8 Å². The van der Waals surface area contributed by atoms with Gasteiger partial charge in [-0.3, -0.25) is 19.4 Å². The summed E-state index contributed by atoms with van der Waals surface area (Å²) in [6, 6.07) is 21.8. The monoisotopic (exact) mass is 917 g/mol. The minimum atomic E-state index is -4.00. The predicted octanol–water partition coefficient (Wildman–Crippen LogP) is 7.53. The molecule has 1 aliphatic carbocycles. The number of benzene rings is 3. The Bertz CT molecular complexity index is 2230. The van der Waals surface area contributed by atoms with E-state index in [0.29, 0.717) is 42.7 Å². The maximum Gasteiger partial charge on any atom is 0.264 e. The highest BCUT2D eigenvalue weighted by atomic mass is 35.5. The van der Waals surface area contributed by atoms with Crippen molar-refractivity contribution in [1.82, 2.24) is 19.4 Å². The number of hydrogen-bond donors (Lipinski definition) is 1. The Hall–Kier alpha value is -3.59. The van der Waals surface area contributed by atoms with Crippen LogP contribution >= 0.6 is 23.4 Å². The number of sulfonamides is 1. The van der Waals surface area contributed by atoms with Gasteiger partial charge in [0.2, 0.25) is 15.9 Å². The van der Waals surface area contributed by atoms with Gasteiger partial charge in [-0.25, -0.2) is 13.1 Å². The molecule has 1 saturated carbocycles. The van der Waals surface area contributed by atoms with Gasteiger partial charge in [0.15, 0.2) is 0 Å². The minimum Gasteiger partial charge on any atom is -0.487 e. The second-order valence-corrected chi connectivity index (χ2v) is 22.0. The zero-order valence-electron chi connectivity index (χ0n) is 37.1. The molecule has 2 saturated heterocycles. The van der Waals surface area contributed by atoms with E-state index in [1.54, 1.807) is 24.8 Å². The summed E-state index contributed by atoms with van der Waals surface area (Å²) in [5, 5.41) is -0.110. The van der Waals surface area contributed by atoms with Gasteiger partial charge in [0, 0.05) is 99.7 Å². The molecule has 4 heterocycles. The van der Waals surface area contributed by atoms with Crippen molar-refractivity contribution in [2.45, 2.75) is 87.2 Å². The molecule has 8 rings (SSSR count). The van der Waals surface area contributed by atoms with Crippen LogP contribution in [0.25, 0.3) is 0 Å². The van der Waals surface area contributed by atoms with Crippen LogP contribution in [0.5, 0.6) is 5.75 Å². The van der Waals surface area contributed by atoms with Crippen molar-refractivity contribution < 1.29 is 27.5 Å². The number of amides is 2. The lowest BCUT2D eigenvalue weighted by molar-refractivity contribution is -0.136. The molecule has 5 aliphatic rings. The number of thioether (sulfide) groups is 1. The van der Waals surface area contributed by atoms with Crippen LogP contribution in [0.15, 0.2) is 83.8 Å². The fourth-order valence-electron chi connectivity index (χ4n) is 10.3. The molecule has 4 aliphatic heterocycles. The third-order valence-electron chi connectivity index (χ3n) is 14.5. The van der Waals surface area contributed by atoms with Gasteiger partial charge in [-0.05, 0) is 117 Å². The molecule has 2 amide bonds. The van der Waals surface area contributed by atoms with E-state index in [9.17, 15) is 18.0 Å². The molecule has 1 N–H and O–H groups in total. The third kappa shape index (κ3) is 10.8. The van der Waals surface area contributed by atoms with Crippen LogP contribution in [0.3, 0.4) is 0 Å². The highest BCUT2D eigenvalue weighted by Crippen LogP contribution is 2.47. The summed E-state index contributed by atoms with van der Waals surface area (Å²) in [7, 11) is -2.17. The molecule has 63 heavy (non-hydrogen) atoms. The Morgan fingerprint density at radius 2 is 1.78 bits per heavy atom. The number of anilines is 1. The Labute approximate surface area is 383 Å². The molecule has 2 bridgehead atoms. The molecule has 3 aromatic carbocycles. The number of aryl methyl sites for hydroxylation is 1. The van der Waals surface area contributed by atoms with E-state index in [1.807, 2.05) is 62.6 Å². The summed E-state index contributed by atoms with van der Waals surface area (Å²) >= 11 is 8.18. The highest BCUT2D eigenvalue weighted by molar-refractivity contribution is 7.99. The average Bonchev–Trinajstić information content (AvgIpc) is 3.30. The molecule has 14 heteroatoms. The number of carbonyl (C=O) groups is 2. The maximum atomic E-state index is 13.8. The van der Waals surface area contributed by atoms with Gasteiger partial charge >= 0.3 is 0 Å². The number of nitrogens with zero attached hydrogens (tertiary/aromatic N) is 4. The molecule has 6 atom stereocenters. The predicted molar refractivity (Wildman–Crippen MR) is 252 cm³/mol. The van der Waals surface area contributed by atoms with E-state index in [4.69, 9.17) is 21.1 Å². The van der Waals surface area contributed by atoms with E-state index in [-0.39, 0.29) is 29.3 Å². The first kappa shape index (κ1) is 46.0. The summed E-state index contributed by atoms with van der Waals surface area (Å²) in [6.45, 7) is 11.2. The Balaban J connectivity index is 1.05. The summed E-state index contributed by atoms with van der Waals surface area (Å²) in [5.41, 5.74) is 2.71. The Morgan fingerprint density at radius 3 is 2.57 bits per heavy atom. The second-order valence-electron chi connectivity index (χ2n) is 18.4. The number of halogens is 1. The number of ether oxygens (including phenoxy) is 2. The summed E-state index contributed by atoms with van der Waals surface area (Å²) in [5.74, 6) is 1.25. The molecular weight excluding hydrogens is 854 g/mol.